The molecule has 5 rings (SSSR count). The van der Waals surface area contributed by atoms with E-state index in [1.165, 1.54) is 13.3 Å². The second-order valence-corrected chi connectivity index (χ2v) is 9.96. The van der Waals surface area contributed by atoms with Crippen molar-refractivity contribution in [3.05, 3.63) is 137 Å². The summed E-state index contributed by atoms with van der Waals surface area (Å²) < 4.78 is 30.4. The molecule has 4 unspecified atom stereocenters. The van der Waals surface area contributed by atoms with Crippen molar-refractivity contribution < 1.29 is 64.4 Å². The second kappa shape index (κ2) is 15.2. The molecule has 232 valence electrons. The zero-order valence-corrected chi connectivity index (χ0v) is 26.0. The van der Waals surface area contributed by atoms with E-state index in [4.69, 9.17) is 23.7 Å². The fourth-order valence-electron chi connectivity index (χ4n) is 4.79. The van der Waals surface area contributed by atoms with Crippen LogP contribution in [0.3, 0.4) is 0 Å². The van der Waals surface area contributed by atoms with E-state index in [0.717, 1.165) is 0 Å². The molecule has 4 aromatic rings. The summed E-state index contributed by atoms with van der Waals surface area (Å²) in [6.07, 6.45) is -3.06. The highest BCUT2D eigenvalue weighted by Gasteiger charge is 2.55. The lowest BCUT2D eigenvalue weighted by molar-refractivity contribution is -0.770. The predicted molar refractivity (Wildman–Crippen MR) is 155 cm³/mol. The summed E-state index contributed by atoms with van der Waals surface area (Å²) in [6.45, 7) is 1.45. The minimum absolute atomic E-state index is 0. The first kappa shape index (κ1) is 33.0. The highest BCUT2D eigenvalue weighted by Crippen LogP contribution is 2.33. The Morgan fingerprint density at radius 1 is 0.644 bits per heavy atom. The van der Waals surface area contributed by atoms with Crippen LogP contribution in [-0.4, -0.2) is 55.9 Å². The number of pyridine rings is 1. The molecule has 1 saturated heterocycles. The lowest BCUT2D eigenvalue weighted by Gasteiger charge is -2.23. The Hall–Kier alpha value is -4.87. The van der Waals surface area contributed by atoms with Gasteiger partial charge in [0.05, 0.1) is 23.8 Å². The first-order valence-corrected chi connectivity index (χ1v) is 13.9. The number of rotatable bonds is 9. The van der Waals surface area contributed by atoms with E-state index >= 15 is 0 Å². The normalized spacial score (nSPS) is 18.6. The van der Waals surface area contributed by atoms with E-state index in [2.05, 4.69) is 0 Å². The lowest BCUT2D eigenvalue weighted by Crippen LogP contribution is -3.00. The summed E-state index contributed by atoms with van der Waals surface area (Å²) in [4.78, 5) is 51.9. The van der Waals surface area contributed by atoms with Crippen molar-refractivity contribution in [2.24, 2.45) is 0 Å². The van der Waals surface area contributed by atoms with Gasteiger partial charge in [-0.25, -0.2) is 19.2 Å². The quantitative estimate of drug-likeness (QED) is 0.147. The molecule has 0 radical (unpaired) electrons. The third kappa shape index (κ3) is 7.81. The van der Waals surface area contributed by atoms with Crippen molar-refractivity contribution in [2.45, 2.75) is 31.5 Å². The van der Waals surface area contributed by atoms with Crippen molar-refractivity contribution in [2.75, 3.05) is 13.7 Å². The predicted octanol–water partition coefficient (Wildman–Crippen LogP) is 1.28. The van der Waals surface area contributed by atoms with Gasteiger partial charge in [0.15, 0.2) is 18.0 Å². The SMILES string of the molecule is COC(=O)c1ccc(C)[n+](C2OC(COC(=O)c3ccccc3)C(OC(=O)c3ccccc3)C2OC(=O)c2ccccc2)c1.[Br-]. The third-order valence-electron chi connectivity index (χ3n) is 7.06. The zero-order chi connectivity index (χ0) is 31.1. The number of esters is 4. The van der Waals surface area contributed by atoms with Crippen LogP contribution in [0.1, 0.15) is 53.4 Å². The first-order chi connectivity index (χ1) is 21.4. The molecular weight excluding hydrogens is 646 g/mol. The van der Waals surface area contributed by atoms with Gasteiger partial charge in [0.25, 0.3) is 0 Å². The summed E-state index contributed by atoms with van der Waals surface area (Å²) in [7, 11) is 1.26. The molecule has 11 heteroatoms. The first-order valence-electron chi connectivity index (χ1n) is 13.9. The molecule has 0 amide bonds. The van der Waals surface area contributed by atoms with Crippen LogP contribution in [0.5, 0.6) is 0 Å². The molecule has 0 saturated carbocycles. The molecule has 2 heterocycles. The molecule has 45 heavy (non-hydrogen) atoms. The number of aromatic nitrogens is 1. The minimum Gasteiger partial charge on any atom is -1.00 e. The van der Waals surface area contributed by atoms with Crippen LogP contribution < -0.4 is 21.5 Å². The van der Waals surface area contributed by atoms with Gasteiger partial charge in [0.1, 0.15) is 18.3 Å². The number of benzene rings is 3. The summed E-state index contributed by atoms with van der Waals surface area (Å²) >= 11 is 0. The van der Waals surface area contributed by atoms with Crippen LogP contribution in [0.4, 0.5) is 0 Å². The highest BCUT2D eigenvalue weighted by molar-refractivity contribution is 5.91. The maximum atomic E-state index is 13.4. The smallest absolute Gasteiger partial charge is 0.343 e. The number of hydrogen-bond acceptors (Lipinski definition) is 9. The fraction of sp³-hybridized carbons (Fsp3) is 0.206. The van der Waals surface area contributed by atoms with E-state index in [1.807, 2.05) is 0 Å². The van der Waals surface area contributed by atoms with E-state index < -0.39 is 48.4 Å². The molecule has 1 fully saturated rings. The Morgan fingerprint density at radius 2 is 1.13 bits per heavy atom. The zero-order valence-electron chi connectivity index (χ0n) is 24.4. The molecule has 1 aliphatic heterocycles. The van der Waals surface area contributed by atoms with Gasteiger partial charge in [0.2, 0.25) is 6.10 Å². The van der Waals surface area contributed by atoms with E-state index in [9.17, 15) is 19.2 Å². The molecule has 0 spiro atoms. The van der Waals surface area contributed by atoms with Gasteiger partial charge in [-0.2, -0.15) is 4.57 Å². The Bertz CT molecular complexity index is 1630. The third-order valence-corrected chi connectivity index (χ3v) is 7.06. The second-order valence-electron chi connectivity index (χ2n) is 9.96. The Morgan fingerprint density at radius 3 is 1.64 bits per heavy atom. The van der Waals surface area contributed by atoms with Crippen molar-refractivity contribution >= 4 is 23.9 Å². The summed E-state index contributed by atoms with van der Waals surface area (Å²) in [5.41, 5.74) is 1.71. The molecule has 4 atom stereocenters. The number of carbonyl (C=O) groups is 4. The number of methoxy groups -OCH3 is 1. The van der Waals surface area contributed by atoms with Crippen LogP contribution in [0.15, 0.2) is 109 Å². The van der Waals surface area contributed by atoms with Gasteiger partial charge in [0, 0.05) is 13.0 Å². The Labute approximate surface area is 270 Å². The topological polar surface area (TPSA) is 118 Å². The molecule has 3 aromatic carbocycles. The molecule has 1 aliphatic rings. The summed E-state index contributed by atoms with van der Waals surface area (Å²) in [6, 6.07) is 28.3. The van der Waals surface area contributed by atoms with Crippen LogP contribution in [0, 0.1) is 6.92 Å². The van der Waals surface area contributed by atoms with Gasteiger partial charge in [-0.3, -0.25) is 0 Å². The maximum absolute atomic E-state index is 13.4. The van der Waals surface area contributed by atoms with Gasteiger partial charge < -0.3 is 40.7 Å². The lowest BCUT2D eigenvalue weighted by atomic mass is 10.1. The average molecular weight is 677 g/mol. The van der Waals surface area contributed by atoms with E-state index in [-0.39, 0.29) is 40.3 Å². The molecular formula is C34H30BrNO9. The van der Waals surface area contributed by atoms with Crippen LogP contribution in [0.2, 0.25) is 0 Å². The number of carbonyl (C=O) groups excluding carboxylic acids is 4. The molecule has 0 bridgehead atoms. The minimum atomic E-state index is -1.22. The maximum Gasteiger partial charge on any atom is 0.343 e. The van der Waals surface area contributed by atoms with Crippen molar-refractivity contribution in [1.29, 1.82) is 0 Å². The number of hydrogen-bond donors (Lipinski definition) is 0. The molecule has 1 aromatic heterocycles. The van der Waals surface area contributed by atoms with Crippen LogP contribution in [-0.2, 0) is 23.7 Å². The largest absolute Gasteiger partial charge is 1.00 e. The molecule has 0 aliphatic carbocycles. The number of nitrogens with zero attached hydrogens (tertiary/aromatic N) is 1. The van der Waals surface area contributed by atoms with Gasteiger partial charge in [-0.15, -0.1) is 0 Å². The van der Waals surface area contributed by atoms with Crippen molar-refractivity contribution in [3.63, 3.8) is 0 Å². The molecule has 10 nitrogen and oxygen atoms in total. The number of aryl methyl sites for hydroxylation is 1. The fourth-order valence-corrected chi connectivity index (χ4v) is 4.79. The summed E-state index contributed by atoms with van der Waals surface area (Å²) in [5.74, 6) is -2.57. The number of halogens is 1. The molecule has 0 N–H and O–H groups in total. The van der Waals surface area contributed by atoms with Crippen molar-refractivity contribution in [1.82, 2.24) is 0 Å². The van der Waals surface area contributed by atoms with Crippen LogP contribution >= 0.6 is 0 Å². The standard InChI is InChI=1S/C34H30NO9.BrH/c1-22-18-19-26(31(36)40-2)20-35(22)30-29(44-34(39)25-16-10-5-11-17-25)28(43-33(38)24-14-8-4-9-15-24)27(42-30)21-41-32(37)23-12-6-3-7-13-23;/h3-20,27-30H,21H2,1-2H3;1H/q+1;/p-1. The summed E-state index contributed by atoms with van der Waals surface area (Å²) in [5, 5.41) is 0. The Kier molecular flexibility index (Phi) is 11.2. The van der Waals surface area contributed by atoms with Gasteiger partial charge >= 0.3 is 30.1 Å². The van der Waals surface area contributed by atoms with Crippen LogP contribution in [0.25, 0.3) is 0 Å². The van der Waals surface area contributed by atoms with Gasteiger partial charge in [-0.1, -0.05) is 54.6 Å². The number of ether oxygens (including phenoxy) is 5. The van der Waals surface area contributed by atoms with E-state index in [0.29, 0.717) is 11.3 Å². The average Bonchev–Trinajstić information content (AvgIpc) is 3.40. The van der Waals surface area contributed by atoms with Gasteiger partial charge in [-0.05, 0) is 42.5 Å². The highest BCUT2D eigenvalue weighted by atomic mass is 79.9. The van der Waals surface area contributed by atoms with Crippen molar-refractivity contribution in [3.8, 4) is 0 Å². The Balaban J connectivity index is 0.00000461. The van der Waals surface area contributed by atoms with E-state index in [1.54, 1.807) is 115 Å². The monoisotopic (exact) mass is 675 g/mol.